The van der Waals surface area contributed by atoms with Crippen molar-refractivity contribution in [2.45, 2.75) is 27.1 Å². The van der Waals surface area contributed by atoms with Gasteiger partial charge in [-0.15, -0.1) is 0 Å². The van der Waals surface area contributed by atoms with Crippen LogP contribution in [0.5, 0.6) is 5.75 Å². The second-order valence-corrected chi connectivity index (χ2v) is 5.88. The summed E-state index contributed by atoms with van der Waals surface area (Å²) in [6.07, 6.45) is -0.305. The van der Waals surface area contributed by atoms with E-state index in [4.69, 9.17) is 4.74 Å². The molecule has 132 valence electrons. The second kappa shape index (κ2) is 8.42. The summed E-state index contributed by atoms with van der Waals surface area (Å²) in [5.41, 5.74) is 2.54. The first-order chi connectivity index (χ1) is 11.9. The monoisotopic (exact) mass is 342 g/mol. The number of ketones is 1. The van der Waals surface area contributed by atoms with E-state index in [-0.39, 0.29) is 0 Å². The van der Waals surface area contributed by atoms with Gasteiger partial charge in [0.25, 0.3) is 0 Å². The van der Waals surface area contributed by atoms with Gasteiger partial charge in [0.05, 0.1) is 12.0 Å². The summed E-state index contributed by atoms with van der Waals surface area (Å²) in [6, 6.07) is 11.9. The highest BCUT2D eigenvalue weighted by atomic mass is 19.1. The molecule has 25 heavy (non-hydrogen) atoms. The molecule has 0 fully saturated rings. The van der Waals surface area contributed by atoms with E-state index in [1.807, 2.05) is 25.8 Å². The van der Waals surface area contributed by atoms with Crippen LogP contribution in [0.4, 0.5) is 10.1 Å². The van der Waals surface area contributed by atoms with Crippen LogP contribution in [-0.4, -0.2) is 37.0 Å². The number of aryl methyl sites for hydroxylation is 2. The van der Waals surface area contributed by atoms with Crippen molar-refractivity contribution < 1.29 is 13.9 Å². The maximum absolute atomic E-state index is 14.3. The van der Waals surface area contributed by atoms with Crippen molar-refractivity contribution in [3.63, 3.8) is 0 Å². The molecule has 0 aromatic heterocycles. The van der Waals surface area contributed by atoms with Crippen molar-refractivity contribution >= 4 is 17.8 Å². The van der Waals surface area contributed by atoms with Crippen molar-refractivity contribution in [1.82, 2.24) is 4.90 Å². The molecule has 4 nitrogen and oxygen atoms in total. The Labute approximate surface area is 148 Å². The van der Waals surface area contributed by atoms with E-state index in [1.165, 1.54) is 0 Å². The molecule has 2 rings (SSSR count). The summed E-state index contributed by atoms with van der Waals surface area (Å²) >= 11 is 0. The van der Waals surface area contributed by atoms with E-state index in [9.17, 15) is 9.18 Å². The molecule has 0 radical (unpaired) electrons. The standard InChI is InChI=1S/C20H23FN2O2/c1-5-23(4)13-22-18-12-14(2)17(11-15(18)3)19(24)20(21)25-16-9-7-6-8-10-16/h6-13,20H,5H2,1-4H3/b22-13+. The van der Waals surface area contributed by atoms with Crippen molar-refractivity contribution in [3.8, 4) is 5.75 Å². The minimum absolute atomic E-state index is 0.309. The Hall–Kier alpha value is -2.69. The lowest BCUT2D eigenvalue weighted by molar-refractivity contribution is 0.0450. The fourth-order valence-electron chi connectivity index (χ4n) is 2.24. The molecule has 0 saturated carbocycles. The molecule has 2 aromatic carbocycles. The molecule has 0 aliphatic carbocycles. The van der Waals surface area contributed by atoms with Gasteiger partial charge in [0.1, 0.15) is 5.75 Å². The SMILES string of the molecule is CCN(C)/C=N/c1cc(C)c(C(=O)C(F)Oc2ccccc2)cc1C. The summed E-state index contributed by atoms with van der Waals surface area (Å²) in [4.78, 5) is 18.8. The van der Waals surface area contributed by atoms with Crippen molar-refractivity contribution in [1.29, 1.82) is 0 Å². The molecule has 1 unspecified atom stereocenters. The molecule has 0 saturated heterocycles. The average Bonchev–Trinajstić information content (AvgIpc) is 2.61. The summed E-state index contributed by atoms with van der Waals surface area (Å²) in [5.74, 6) is -0.368. The third kappa shape index (κ3) is 4.89. The second-order valence-electron chi connectivity index (χ2n) is 5.88. The Morgan fingerprint density at radius 2 is 1.92 bits per heavy atom. The first kappa shape index (κ1) is 18.6. The lowest BCUT2D eigenvalue weighted by Gasteiger charge is -2.14. The van der Waals surface area contributed by atoms with Crippen molar-refractivity contribution in [2.24, 2.45) is 4.99 Å². The van der Waals surface area contributed by atoms with Crippen LogP contribution < -0.4 is 4.74 Å². The number of ether oxygens (including phenoxy) is 1. The van der Waals surface area contributed by atoms with E-state index in [1.54, 1.807) is 55.7 Å². The van der Waals surface area contributed by atoms with Crippen molar-refractivity contribution in [3.05, 3.63) is 59.2 Å². The molecule has 0 amide bonds. The van der Waals surface area contributed by atoms with Crippen LogP contribution in [0.1, 0.15) is 28.4 Å². The molecule has 0 N–H and O–H groups in total. The minimum Gasteiger partial charge on any atom is -0.453 e. The molecule has 0 heterocycles. The van der Waals surface area contributed by atoms with Crippen LogP contribution in [0, 0.1) is 13.8 Å². The van der Waals surface area contributed by atoms with Gasteiger partial charge in [0.15, 0.2) is 0 Å². The molecular formula is C20H23FN2O2. The maximum Gasteiger partial charge on any atom is 0.301 e. The highest BCUT2D eigenvalue weighted by Gasteiger charge is 2.23. The van der Waals surface area contributed by atoms with Gasteiger partial charge in [0.2, 0.25) is 5.78 Å². The van der Waals surface area contributed by atoms with Gasteiger partial charge in [-0.1, -0.05) is 18.2 Å². The number of carbonyl (C=O) groups is 1. The highest BCUT2D eigenvalue weighted by molar-refractivity contribution is 6.00. The summed E-state index contributed by atoms with van der Waals surface area (Å²) < 4.78 is 19.4. The van der Waals surface area contributed by atoms with E-state index in [2.05, 4.69) is 4.99 Å². The molecule has 1 atom stereocenters. The normalized spacial score (nSPS) is 12.2. The first-order valence-corrected chi connectivity index (χ1v) is 8.18. The summed E-state index contributed by atoms with van der Waals surface area (Å²) in [6.45, 7) is 6.49. The zero-order valence-corrected chi connectivity index (χ0v) is 15.0. The largest absolute Gasteiger partial charge is 0.453 e. The van der Waals surface area contributed by atoms with Gasteiger partial charge < -0.3 is 9.64 Å². The Morgan fingerprint density at radius 1 is 1.24 bits per heavy atom. The summed E-state index contributed by atoms with van der Waals surface area (Å²) in [5, 5.41) is 0. The van der Waals surface area contributed by atoms with Crippen LogP contribution in [-0.2, 0) is 0 Å². The van der Waals surface area contributed by atoms with Gasteiger partial charge >= 0.3 is 6.36 Å². The van der Waals surface area contributed by atoms with E-state index in [0.29, 0.717) is 16.9 Å². The van der Waals surface area contributed by atoms with Gasteiger partial charge in [-0.2, -0.15) is 4.39 Å². The van der Waals surface area contributed by atoms with E-state index in [0.717, 1.165) is 17.8 Å². The van der Waals surface area contributed by atoms with Crippen LogP contribution in [0.3, 0.4) is 0 Å². The topological polar surface area (TPSA) is 41.9 Å². The zero-order chi connectivity index (χ0) is 18.4. The van der Waals surface area contributed by atoms with E-state index < -0.39 is 12.1 Å². The quantitative estimate of drug-likeness (QED) is 0.423. The molecule has 0 bridgehead atoms. The third-order valence-electron chi connectivity index (χ3n) is 3.89. The smallest absolute Gasteiger partial charge is 0.301 e. The van der Waals surface area contributed by atoms with Crippen molar-refractivity contribution in [2.75, 3.05) is 13.6 Å². The van der Waals surface area contributed by atoms with Crippen LogP contribution >= 0.6 is 0 Å². The lowest BCUT2D eigenvalue weighted by Crippen LogP contribution is -2.23. The van der Waals surface area contributed by atoms with Gasteiger partial charge in [-0.3, -0.25) is 4.79 Å². The van der Waals surface area contributed by atoms with Gasteiger partial charge in [-0.25, -0.2) is 4.99 Å². The number of hydrogen-bond donors (Lipinski definition) is 0. The third-order valence-corrected chi connectivity index (χ3v) is 3.89. The van der Waals surface area contributed by atoms with E-state index >= 15 is 0 Å². The minimum atomic E-state index is -2.04. The Bertz CT molecular complexity index is 760. The summed E-state index contributed by atoms with van der Waals surface area (Å²) in [7, 11) is 1.93. The number of alkyl halides is 1. The Balaban J connectivity index is 2.20. The zero-order valence-electron chi connectivity index (χ0n) is 15.0. The molecular weight excluding hydrogens is 319 g/mol. The number of halogens is 1. The fourth-order valence-corrected chi connectivity index (χ4v) is 2.24. The molecule has 0 aliphatic rings. The predicted molar refractivity (Wildman–Crippen MR) is 98.7 cm³/mol. The van der Waals surface area contributed by atoms with Crippen LogP contribution in [0.25, 0.3) is 0 Å². The maximum atomic E-state index is 14.3. The molecule has 0 spiro atoms. The van der Waals surface area contributed by atoms with Gasteiger partial charge in [-0.05, 0) is 56.2 Å². The van der Waals surface area contributed by atoms with Crippen LogP contribution in [0.2, 0.25) is 0 Å². The lowest BCUT2D eigenvalue weighted by atomic mass is 10.0. The molecule has 0 aliphatic heterocycles. The number of hydrogen-bond acceptors (Lipinski definition) is 3. The number of carbonyl (C=O) groups excluding carboxylic acids is 1. The first-order valence-electron chi connectivity index (χ1n) is 8.18. The number of Topliss-reactive ketones (excluding diaryl/α,β-unsaturated/α-hetero) is 1. The predicted octanol–water partition coefficient (Wildman–Crippen LogP) is 4.47. The Morgan fingerprint density at radius 3 is 2.56 bits per heavy atom. The Kier molecular flexibility index (Phi) is 6.28. The number of benzene rings is 2. The highest BCUT2D eigenvalue weighted by Crippen LogP contribution is 2.25. The van der Waals surface area contributed by atoms with Crippen LogP contribution in [0.15, 0.2) is 47.5 Å². The number of rotatable bonds is 7. The average molecular weight is 342 g/mol. The molecule has 5 heteroatoms. The number of para-hydroxylation sites is 1. The number of nitrogens with zero attached hydrogens (tertiary/aromatic N) is 2. The number of aliphatic imine (C=N–C) groups is 1. The fraction of sp³-hybridized carbons (Fsp3) is 0.300. The van der Waals surface area contributed by atoms with Gasteiger partial charge in [0, 0.05) is 19.2 Å². The molecule has 2 aromatic rings.